The summed E-state index contributed by atoms with van der Waals surface area (Å²) in [4.78, 5) is 5.98. The van der Waals surface area contributed by atoms with Crippen molar-refractivity contribution in [3.8, 4) is 0 Å². The van der Waals surface area contributed by atoms with Gasteiger partial charge in [-0.2, -0.15) is 0 Å². The van der Waals surface area contributed by atoms with Crippen molar-refractivity contribution in [2.24, 2.45) is 0 Å². The fraction of sp³-hybridized carbons (Fsp3) is 1.00. The van der Waals surface area contributed by atoms with Crippen LogP contribution in [0.15, 0.2) is 0 Å². The van der Waals surface area contributed by atoms with Crippen molar-refractivity contribution < 1.29 is 42.3 Å². The molecule has 0 rings (SSSR count). The number of hydrogen-bond donors (Lipinski definition) is 0. The third-order valence-electron chi connectivity index (χ3n) is 3.11. The Morgan fingerprint density at radius 1 is 0.650 bits per heavy atom. The number of rotatable bonds is 9. The molecule has 6 nitrogen and oxygen atoms in total. The summed E-state index contributed by atoms with van der Waals surface area (Å²) < 4.78 is 17.8. The summed E-state index contributed by atoms with van der Waals surface area (Å²) in [5.41, 5.74) is 0. The zero-order valence-corrected chi connectivity index (χ0v) is 18.0. The fourth-order valence-electron chi connectivity index (χ4n) is 0.944. The fourth-order valence-corrected chi connectivity index (χ4v) is 2.83. The standard InChI is InChI=1S/3C4H10NO.Al.Na.H/c3*1-4(6)5(2)3;;;/h3*4H,1-3H3;;;/q3*-1;+3;+1;-1. The van der Waals surface area contributed by atoms with Gasteiger partial charge in [-0.05, 0) is 63.1 Å². The van der Waals surface area contributed by atoms with Gasteiger partial charge in [-0.15, -0.1) is 0 Å². The van der Waals surface area contributed by atoms with Gasteiger partial charge in [-0.1, -0.05) is 0 Å². The Bertz CT molecular complexity index is 216. The monoisotopic (exact) mass is 315 g/mol. The van der Waals surface area contributed by atoms with Crippen LogP contribution >= 0.6 is 0 Å². The minimum atomic E-state index is -2.20. The van der Waals surface area contributed by atoms with Crippen molar-refractivity contribution >= 4 is 15.1 Å². The normalized spacial score (nSPS) is 16.2. The van der Waals surface area contributed by atoms with Gasteiger partial charge in [0.1, 0.15) is 0 Å². The van der Waals surface area contributed by atoms with Gasteiger partial charge >= 0.3 is 44.7 Å². The molecule has 0 N–H and O–H groups in total. The first-order valence-corrected chi connectivity index (χ1v) is 8.02. The maximum absolute atomic E-state index is 5.92. The third kappa shape index (κ3) is 10.1. The van der Waals surface area contributed by atoms with E-state index in [1.54, 1.807) is 0 Å². The number of nitrogens with zero attached hydrogens (tertiary/aromatic N) is 3. The van der Waals surface area contributed by atoms with E-state index in [1.807, 2.05) is 77.8 Å². The van der Waals surface area contributed by atoms with E-state index in [0.29, 0.717) is 0 Å². The van der Waals surface area contributed by atoms with E-state index in [4.69, 9.17) is 11.4 Å². The first-order valence-electron chi connectivity index (χ1n) is 6.60. The molecule has 0 amide bonds. The minimum absolute atomic E-state index is 0. The summed E-state index contributed by atoms with van der Waals surface area (Å²) in [5.74, 6) is 0. The van der Waals surface area contributed by atoms with Gasteiger partial charge in [-0.3, -0.25) is 14.7 Å². The molecule has 20 heavy (non-hydrogen) atoms. The molecule has 0 heterocycles. The Labute approximate surface area is 153 Å². The Morgan fingerprint density at radius 3 is 1.00 bits per heavy atom. The van der Waals surface area contributed by atoms with Crippen molar-refractivity contribution in [3.05, 3.63) is 0 Å². The second kappa shape index (κ2) is 11.8. The summed E-state index contributed by atoms with van der Waals surface area (Å²) in [6.45, 7) is 5.98. The van der Waals surface area contributed by atoms with Crippen LogP contribution in [0.1, 0.15) is 22.2 Å². The van der Waals surface area contributed by atoms with E-state index >= 15 is 0 Å². The van der Waals surface area contributed by atoms with Crippen LogP contribution in [0.4, 0.5) is 0 Å². The molecular formula is C12H31AlN3NaO3. The molecule has 0 aliphatic rings. The Kier molecular flexibility index (Phi) is 13.9. The Hall–Kier alpha value is 1.29. The van der Waals surface area contributed by atoms with Crippen molar-refractivity contribution in [1.82, 2.24) is 14.7 Å². The van der Waals surface area contributed by atoms with E-state index in [1.165, 1.54) is 0 Å². The van der Waals surface area contributed by atoms with Crippen LogP contribution in [0.5, 0.6) is 0 Å². The van der Waals surface area contributed by atoms with Gasteiger partial charge in [0.15, 0.2) is 0 Å². The molecule has 0 aromatic rings. The second-order valence-electron chi connectivity index (χ2n) is 5.39. The molecule has 0 fully saturated rings. The van der Waals surface area contributed by atoms with Gasteiger partial charge in [-0.25, -0.2) is 0 Å². The second-order valence-corrected chi connectivity index (χ2v) is 6.78. The molecule has 3 atom stereocenters. The predicted molar refractivity (Wildman–Crippen MR) is 79.6 cm³/mol. The molecule has 0 bridgehead atoms. The quantitative estimate of drug-likeness (QED) is 0.357. The SMILES string of the molecule is CC([O][Al]([O]C(C)N(C)C)[O]C(C)N(C)C)N(C)C.[H-].[Na+]. The topological polar surface area (TPSA) is 37.4 Å². The summed E-state index contributed by atoms with van der Waals surface area (Å²) in [5, 5.41) is 0. The van der Waals surface area contributed by atoms with E-state index in [2.05, 4.69) is 0 Å². The summed E-state index contributed by atoms with van der Waals surface area (Å²) in [6.07, 6.45) is -0.0822. The minimum Gasteiger partial charge on any atom is -1.00 e. The molecule has 0 aromatic carbocycles. The van der Waals surface area contributed by atoms with Gasteiger partial charge in [0.25, 0.3) is 0 Å². The predicted octanol–water partition coefficient (Wildman–Crippen LogP) is -2.14. The van der Waals surface area contributed by atoms with E-state index < -0.39 is 15.1 Å². The van der Waals surface area contributed by atoms with Gasteiger partial charge < -0.3 is 12.8 Å². The molecule has 8 heteroatoms. The molecule has 0 spiro atoms. The van der Waals surface area contributed by atoms with E-state index in [-0.39, 0.29) is 49.7 Å². The van der Waals surface area contributed by atoms with Gasteiger partial charge in [0.05, 0.1) is 18.7 Å². The average molecular weight is 315 g/mol. The third-order valence-corrected chi connectivity index (χ3v) is 4.95. The van der Waals surface area contributed by atoms with Crippen LogP contribution in [-0.4, -0.2) is 90.8 Å². The molecule has 0 aliphatic heterocycles. The molecule has 3 unspecified atom stereocenters. The molecule has 0 aromatic heterocycles. The molecule has 0 radical (unpaired) electrons. The molecule has 0 saturated carbocycles. The molecule has 0 aliphatic carbocycles. The summed E-state index contributed by atoms with van der Waals surface area (Å²) in [6, 6.07) is 0. The molecular weight excluding hydrogens is 284 g/mol. The van der Waals surface area contributed by atoms with E-state index in [0.717, 1.165) is 0 Å². The van der Waals surface area contributed by atoms with Crippen molar-refractivity contribution in [2.45, 2.75) is 39.5 Å². The largest absolute Gasteiger partial charge is 1.00 e. The Balaban J connectivity index is -0.00000162. The zero-order chi connectivity index (χ0) is 15.2. The van der Waals surface area contributed by atoms with Crippen LogP contribution in [-0.2, 0) is 11.4 Å². The molecule has 0 saturated heterocycles. The van der Waals surface area contributed by atoms with E-state index in [9.17, 15) is 0 Å². The average Bonchev–Trinajstić information content (AvgIpc) is 2.27. The summed E-state index contributed by atoms with van der Waals surface area (Å²) >= 11 is -2.20. The zero-order valence-electron chi connectivity index (χ0n) is 15.9. The van der Waals surface area contributed by atoms with Gasteiger partial charge in [0, 0.05) is 0 Å². The Morgan fingerprint density at radius 2 is 0.850 bits per heavy atom. The number of hydrogen-bond acceptors (Lipinski definition) is 6. The maximum Gasteiger partial charge on any atom is 1.00 e. The van der Waals surface area contributed by atoms with Crippen LogP contribution in [0.2, 0.25) is 0 Å². The first-order chi connectivity index (χ1) is 8.65. The van der Waals surface area contributed by atoms with Crippen molar-refractivity contribution in [3.63, 3.8) is 0 Å². The van der Waals surface area contributed by atoms with Crippen LogP contribution in [0.3, 0.4) is 0 Å². The van der Waals surface area contributed by atoms with Crippen LogP contribution in [0, 0.1) is 0 Å². The van der Waals surface area contributed by atoms with Crippen molar-refractivity contribution in [2.75, 3.05) is 42.3 Å². The van der Waals surface area contributed by atoms with Crippen LogP contribution in [0.25, 0.3) is 0 Å². The maximum atomic E-state index is 5.92. The molecule has 116 valence electrons. The first kappa shape index (κ1) is 23.6. The smallest absolute Gasteiger partial charge is 1.00 e. The van der Waals surface area contributed by atoms with Crippen molar-refractivity contribution in [1.29, 1.82) is 0 Å². The van der Waals surface area contributed by atoms with Gasteiger partial charge in [0.2, 0.25) is 0 Å². The van der Waals surface area contributed by atoms with Crippen LogP contribution < -0.4 is 29.6 Å². The summed E-state index contributed by atoms with van der Waals surface area (Å²) in [7, 11) is 11.8.